The fourth-order valence-electron chi connectivity index (χ4n) is 8.49. The quantitative estimate of drug-likeness (QED) is 0.329. The Kier molecular flexibility index (Phi) is 6.47. The lowest BCUT2D eigenvalue weighted by Gasteiger charge is -2.58. The predicted molar refractivity (Wildman–Crippen MR) is 132 cm³/mol. The summed E-state index contributed by atoms with van der Waals surface area (Å²) in [5, 5.41) is 21.5. The van der Waals surface area contributed by atoms with Crippen LogP contribution in [0.2, 0.25) is 0 Å². The summed E-state index contributed by atoms with van der Waals surface area (Å²) < 4.78 is 5.57. The van der Waals surface area contributed by atoms with Gasteiger partial charge >= 0.3 is 5.97 Å². The molecule has 0 heterocycles. The highest BCUT2D eigenvalue weighted by Gasteiger charge is 2.61. The van der Waals surface area contributed by atoms with E-state index in [-0.39, 0.29) is 34.6 Å². The topological polar surface area (TPSA) is 83.8 Å². The van der Waals surface area contributed by atoms with Crippen LogP contribution in [0, 0.1) is 34.5 Å². The maximum Gasteiger partial charge on any atom is 0.302 e. The first-order valence-electron chi connectivity index (χ1n) is 13.2. The van der Waals surface area contributed by atoms with Crippen molar-refractivity contribution in [3.63, 3.8) is 0 Å². The molecule has 0 aromatic heterocycles. The zero-order valence-electron chi connectivity index (χ0n) is 21.9. The number of allylic oxidation sites excluding steroid dienone is 1. The number of esters is 1. The van der Waals surface area contributed by atoms with Gasteiger partial charge in [-0.1, -0.05) is 25.5 Å². The average Bonchev–Trinajstić information content (AvgIpc) is 3.09. The van der Waals surface area contributed by atoms with Gasteiger partial charge in [-0.2, -0.15) is 0 Å². The van der Waals surface area contributed by atoms with E-state index in [9.17, 15) is 19.8 Å². The Hall–Kier alpha value is -1.46. The fourth-order valence-corrected chi connectivity index (χ4v) is 8.49. The van der Waals surface area contributed by atoms with Crippen LogP contribution in [0.25, 0.3) is 0 Å². The molecule has 8 atom stereocenters. The number of carbonyl (C=O) groups is 2. The van der Waals surface area contributed by atoms with Gasteiger partial charge < -0.3 is 14.9 Å². The molecule has 190 valence electrons. The van der Waals surface area contributed by atoms with E-state index >= 15 is 0 Å². The molecule has 0 bridgehead atoms. The van der Waals surface area contributed by atoms with Crippen molar-refractivity contribution in [2.75, 3.05) is 0 Å². The highest BCUT2D eigenvalue weighted by Crippen LogP contribution is 2.67. The van der Waals surface area contributed by atoms with E-state index in [1.54, 1.807) is 6.08 Å². The Bertz CT molecular complexity index is 893. The first kappa shape index (κ1) is 25.6. The van der Waals surface area contributed by atoms with Gasteiger partial charge in [0.05, 0.1) is 5.60 Å². The van der Waals surface area contributed by atoms with Crippen LogP contribution in [-0.2, 0) is 14.3 Å². The zero-order valence-corrected chi connectivity index (χ0v) is 21.9. The molecule has 5 heteroatoms. The normalized spacial score (nSPS) is 41.6. The standard InChI is InChI=1S/C29H44O5/c1-18(30)34-20-11-14-27(4)19(17-20)7-8-21-22-9-10-24(28(22,5)15-12-23(21)27)29(6,33)16-13-25(31)26(2,3)32/h7,13,16,20-24,32-33H,8-12,14-15,17H2,1-6H3/b16-13+/t20-,21-,22-,23-,24-,27-,28-,29-/m0/s1. The minimum atomic E-state index is -1.43. The van der Waals surface area contributed by atoms with Crippen molar-refractivity contribution in [2.24, 2.45) is 34.5 Å². The molecule has 0 aromatic carbocycles. The molecule has 0 unspecified atom stereocenters. The second-order valence-corrected chi connectivity index (χ2v) is 12.9. The third kappa shape index (κ3) is 4.32. The first-order valence-corrected chi connectivity index (χ1v) is 13.2. The van der Waals surface area contributed by atoms with Crippen LogP contribution < -0.4 is 0 Å². The van der Waals surface area contributed by atoms with Gasteiger partial charge in [-0.3, -0.25) is 9.59 Å². The Morgan fingerprint density at radius 3 is 2.41 bits per heavy atom. The molecule has 4 aliphatic rings. The number of rotatable bonds is 5. The Labute approximate surface area is 205 Å². The number of fused-ring (bicyclic) bond motifs is 5. The molecular weight excluding hydrogens is 428 g/mol. The second kappa shape index (κ2) is 8.58. The van der Waals surface area contributed by atoms with E-state index in [0.717, 1.165) is 51.4 Å². The highest BCUT2D eigenvalue weighted by molar-refractivity contribution is 5.96. The molecule has 0 radical (unpaired) electrons. The monoisotopic (exact) mass is 472 g/mol. The van der Waals surface area contributed by atoms with Crippen LogP contribution in [-0.4, -0.2) is 39.3 Å². The lowest BCUT2D eigenvalue weighted by molar-refractivity contribution is -0.149. The van der Waals surface area contributed by atoms with E-state index in [4.69, 9.17) is 4.74 Å². The Balaban J connectivity index is 1.54. The van der Waals surface area contributed by atoms with Crippen LogP contribution >= 0.6 is 0 Å². The molecule has 0 aromatic rings. The molecule has 34 heavy (non-hydrogen) atoms. The maximum absolute atomic E-state index is 12.2. The number of hydrogen-bond donors (Lipinski definition) is 2. The molecular formula is C29H44O5. The van der Waals surface area contributed by atoms with E-state index in [1.807, 2.05) is 6.92 Å². The van der Waals surface area contributed by atoms with E-state index in [0.29, 0.717) is 17.8 Å². The molecule has 2 N–H and O–H groups in total. The summed E-state index contributed by atoms with van der Waals surface area (Å²) in [7, 11) is 0. The number of ketones is 1. The molecule has 4 aliphatic carbocycles. The average molecular weight is 473 g/mol. The van der Waals surface area contributed by atoms with Crippen molar-refractivity contribution in [3.05, 3.63) is 23.8 Å². The summed E-state index contributed by atoms with van der Waals surface area (Å²) in [6.07, 6.45) is 13.8. The van der Waals surface area contributed by atoms with Gasteiger partial charge in [0, 0.05) is 13.3 Å². The Morgan fingerprint density at radius 1 is 1.06 bits per heavy atom. The summed E-state index contributed by atoms with van der Waals surface area (Å²) in [6.45, 7) is 11.1. The molecule has 0 spiro atoms. The largest absolute Gasteiger partial charge is 0.462 e. The van der Waals surface area contributed by atoms with Crippen molar-refractivity contribution < 1.29 is 24.5 Å². The smallest absolute Gasteiger partial charge is 0.302 e. The first-order chi connectivity index (χ1) is 15.7. The maximum atomic E-state index is 12.2. The van der Waals surface area contributed by atoms with Crippen molar-refractivity contribution in [2.45, 2.75) is 110 Å². The molecule has 4 rings (SSSR count). The fraction of sp³-hybridized carbons (Fsp3) is 0.793. The molecule has 5 nitrogen and oxygen atoms in total. The summed E-state index contributed by atoms with van der Waals surface area (Å²) in [4.78, 5) is 23.7. The third-order valence-corrected chi connectivity index (χ3v) is 10.3. The van der Waals surface area contributed by atoms with Gasteiger partial charge in [-0.05, 0) is 112 Å². The minimum absolute atomic E-state index is 0.0200. The van der Waals surface area contributed by atoms with Gasteiger partial charge in [0.15, 0.2) is 5.78 Å². The second-order valence-electron chi connectivity index (χ2n) is 12.9. The highest BCUT2D eigenvalue weighted by atomic mass is 16.5. The molecule has 3 saturated carbocycles. The van der Waals surface area contributed by atoms with Gasteiger partial charge in [-0.25, -0.2) is 0 Å². The van der Waals surface area contributed by atoms with E-state index in [2.05, 4.69) is 19.9 Å². The molecule has 0 aliphatic heterocycles. The van der Waals surface area contributed by atoms with Crippen molar-refractivity contribution in [1.29, 1.82) is 0 Å². The van der Waals surface area contributed by atoms with Crippen LogP contribution in [0.1, 0.15) is 92.9 Å². The number of aliphatic hydroxyl groups is 2. The summed E-state index contributed by atoms with van der Waals surface area (Å²) in [5.74, 6) is 1.34. The molecule has 0 saturated heterocycles. The number of ether oxygens (including phenoxy) is 1. The Morgan fingerprint density at radius 2 is 1.76 bits per heavy atom. The van der Waals surface area contributed by atoms with Gasteiger partial charge in [0.25, 0.3) is 0 Å². The van der Waals surface area contributed by atoms with Crippen LogP contribution in [0.3, 0.4) is 0 Å². The number of carbonyl (C=O) groups excluding carboxylic acids is 2. The van der Waals surface area contributed by atoms with Crippen molar-refractivity contribution >= 4 is 11.8 Å². The summed E-state index contributed by atoms with van der Waals surface area (Å²) in [6, 6.07) is 0. The molecule has 3 fully saturated rings. The SMILES string of the molecule is CC(=O)O[C@H]1CC[C@@]2(C)C(=CC[C@H]3[C@@H]4CC[C@H]([C@@](C)(O)/C=C/C(=O)C(C)(C)O)[C@@]4(C)CC[C@@H]32)C1. The van der Waals surface area contributed by atoms with E-state index in [1.165, 1.54) is 32.4 Å². The molecule has 0 amide bonds. The van der Waals surface area contributed by atoms with Crippen molar-refractivity contribution in [3.8, 4) is 0 Å². The van der Waals surface area contributed by atoms with E-state index < -0.39 is 11.2 Å². The van der Waals surface area contributed by atoms with Crippen LogP contribution in [0.15, 0.2) is 23.8 Å². The summed E-state index contributed by atoms with van der Waals surface area (Å²) >= 11 is 0. The van der Waals surface area contributed by atoms with Gasteiger partial charge in [0.2, 0.25) is 0 Å². The van der Waals surface area contributed by atoms with Crippen LogP contribution in [0.4, 0.5) is 0 Å². The summed E-state index contributed by atoms with van der Waals surface area (Å²) in [5.41, 5.74) is -0.810. The lowest BCUT2D eigenvalue weighted by atomic mass is 9.46. The van der Waals surface area contributed by atoms with Crippen molar-refractivity contribution in [1.82, 2.24) is 0 Å². The predicted octanol–water partition coefficient (Wildman–Crippen LogP) is 5.14. The van der Waals surface area contributed by atoms with Gasteiger partial charge in [-0.15, -0.1) is 0 Å². The lowest BCUT2D eigenvalue weighted by Crippen LogP contribution is -2.52. The zero-order chi connectivity index (χ0) is 25.1. The third-order valence-electron chi connectivity index (χ3n) is 10.3. The van der Waals surface area contributed by atoms with Gasteiger partial charge in [0.1, 0.15) is 11.7 Å². The number of hydrogen-bond acceptors (Lipinski definition) is 5. The minimum Gasteiger partial charge on any atom is -0.462 e. The van der Waals surface area contributed by atoms with Crippen LogP contribution in [0.5, 0.6) is 0 Å².